The van der Waals surface area contributed by atoms with Crippen molar-refractivity contribution >= 4 is 5.78 Å². The van der Waals surface area contributed by atoms with E-state index in [2.05, 4.69) is 23.5 Å². The lowest BCUT2D eigenvalue weighted by atomic mass is 10.0. The van der Waals surface area contributed by atoms with Gasteiger partial charge >= 0.3 is 0 Å². The second-order valence-corrected chi connectivity index (χ2v) is 3.07. The highest BCUT2D eigenvalue weighted by molar-refractivity contribution is 5.81. The third-order valence-electron chi connectivity index (χ3n) is 2.13. The number of hydrogen-bond donors (Lipinski definition) is 1. The van der Waals surface area contributed by atoms with E-state index in [0.717, 1.165) is 12.8 Å². The molecule has 0 fully saturated rings. The van der Waals surface area contributed by atoms with Gasteiger partial charge < -0.3 is 5.32 Å². The van der Waals surface area contributed by atoms with Crippen LogP contribution in [0.15, 0.2) is 23.8 Å². The second-order valence-electron chi connectivity index (χ2n) is 3.07. The van der Waals surface area contributed by atoms with Crippen molar-refractivity contribution in [3.63, 3.8) is 0 Å². The van der Waals surface area contributed by atoms with E-state index in [-0.39, 0.29) is 11.8 Å². The Kier molecular flexibility index (Phi) is 3.23. The summed E-state index contributed by atoms with van der Waals surface area (Å²) >= 11 is 0. The molecule has 0 heterocycles. The number of likely N-dealkylation sites (N-methyl/N-ethyl adjacent to an activating group) is 1. The Labute approximate surface area is 73.4 Å². The van der Waals surface area contributed by atoms with Crippen LogP contribution in [0.2, 0.25) is 0 Å². The summed E-state index contributed by atoms with van der Waals surface area (Å²) in [6, 6.07) is -0.0148. The average Bonchev–Trinajstić information content (AvgIpc) is 2.51. The van der Waals surface area contributed by atoms with Crippen LogP contribution < -0.4 is 5.32 Å². The molecule has 0 aromatic rings. The predicted molar refractivity (Wildman–Crippen MR) is 50.0 cm³/mol. The smallest absolute Gasteiger partial charge is 0.147 e. The van der Waals surface area contributed by atoms with Gasteiger partial charge in [-0.3, -0.25) is 4.79 Å². The van der Waals surface area contributed by atoms with Crippen molar-refractivity contribution in [3.8, 4) is 0 Å². The van der Waals surface area contributed by atoms with Gasteiger partial charge in [0, 0.05) is 0 Å². The van der Waals surface area contributed by atoms with Gasteiger partial charge in [-0.05, 0) is 26.8 Å². The molecular formula is C10H15NO. The zero-order valence-electron chi connectivity index (χ0n) is 7.63. The molecule has 0 radical (unpaired) electrons. The van der Waals surface area contributed by atoms with E-state index in [4.69, 9.17) is 0 Å². The maximum atomic E-state index is 11.0. The van der Waals surface area contributed by atoms with Gasteiger partial charge in [0.2, 0.25) is 0 Å². The molecule has 1 rings (SSSR count). The molecule has 0 aromatic heterocycles. The zero-order valence-corrected chi connectivity index (χ0v) is 7.63. The minimum absolute atomic E-state index is 0.0148. The van der Waals surface area contributed by atoms with Gasteiger partial charge in [0.25, 0.3) is 0 Å². The van der Waals surface area contributed by atoms with E-state index in [1.165, 1.54) is 5.57 Å². The minimum Gasteiger partial charge on any atom is -0.310 e. The summed E-state index contributed by atoms with van der Waals surface area (Å²) in [7, 11) is 1.82. The number of carbonyl (C=O) groups is 1. The zero-order chi connectivity index (χ0) is 8.97. The van der Waals surface area contributed by atoms with Crippen LogP contribution in [0.3, 0.4) is 0 Å². The summed E-state index contributed by atoms with van der Waals surface area (Å²) in [6.07, 6.45) is 8.20. The molecule has 1 N–H and O–H groups in total. The van der Waals surface area contributed by atoms with Crippen molar-refractivity contribution in [2.75, 3.05) is 7.05 Å². The Morgan fingerprint density at radius 1 is 1.75 bits per heavy atom. The summed E-state index contributed by atoms with van der Waals surface area (Å²) in [5.41, 5.74) is 1.27. The normalized spacial score (nSPS) is 17.7. The van der Waals surface area contributed by atoms with E-state index in [0.29, 0.717) is 0 Å². The molecule has 1 atom stereocenters. The van der Waals surface area contributed by atoms with Crippen LogP contribution in [0.1, 0.15) is 19.8 Å². The summed E-state index contributed by atoms with van der Waals surface area (Å²) in [5, 5.41) is 3.00. The number of Topliss-reactive ketones (excluding diaryl/α,β-unsaturated/α-hetero) is 1. The topological polar surface area (TPSA) is 29.1 Å². The van der Waals surface area contributed by atoms with Crippen LogP contribution in [0.25, 0.3) is 0 Å². The van der Waals surface area contributed by atoms with E-state index in [1.807, 2.05) is 7.05 Å². The summed E-state index contributed by atoms with van der Waals surface area (Å²) in [5.74, 6) is 0.207. The molecular weight excluding hydrogens is 150 g/mol. The van der Waals surface area contributed by atoms with Crippen molar-refractivity contribution in [2.24, 2.45) is 0 Å². The molecule has 1 unspecified atom stereocenters. The van der Waals surface area contributed by atoms with Gasteiger partial charge in [0.15, 0.2) is 0 Å². The molecule has 0 spiro atoms. The van der Waals surface area contributed by atoms with Crippen molar-refractivity contribution < 1.29 is 4.79 Å². The van der Waals surface area contributed by atoms with E-state index in [1.54, 1.807) is 6.92 Å². The number of rotatable bonds is 4. The standard InChI is InChI=1S/C10H15NO/c1-8(12)10(11-2)7-9-5-3-4-6-9/h3,5-6,10-11H,4,7H2,1-2H3. The average molecular weight is 165 g/mol. The Morgan fingerprint density at radius 2 is 2.50 bits per heavy atom. The van der Waals surface area contributed by atoms with Crippen molar-refractivity contribution in [3.05, 3.63) is 23.8 Å². The lowest BCUT2D eigenvalue weighted by Gasteiger charge is -2.11. The van der Waals surface area contributed by atoms with Gasteiger partial charge in [-0.2, -0.15) is 0 Å². The third kappa shape index (κ3) is 2.31. The maximum absolute atomic E-state index is 11.0. The number of allylic oxidation sites excluding steroid dienone is 3. The first-order valence-corrected chi connectivity index (χ1v) is 4.27. The molecule has 2 nitrogen and oxygen atoms in total. The van der Waals surface area contributed by atoms with E-state index in [9.17, 15) is 4.79 Å². The number of carbonyl (C=O) groups excluding carboxylic acids is 1. The van der Waals surface area contributed by atoms with Crippen LogP contribution in [0.4, 0.5) is 0 Å². The highest BCUT2D eigenvalue weighted by Gasteiger charge is 2.12. The first-order chi connectivity index (χ1) is 5.74. The quantitative estimate of drug-likeness (QED) is 0.683. The van der Waals surface area contributed by atoms with Crippen LogP contribution in [-0.2, 0) is 4.79 Å². The number of ketones is 1. The molecule has 1 aliphatic rings. The summed E-state index contributed by atoms with van der Waals surface area (Å²) in [6.45, 7) is 1.63. The highest BCUT2D eigenvalue weighted by Crippen LogP contribution is 2.14. The molecule has 66 valence electrons. The largest absolute Gasteiger partial charge is 0.310 e. The molecule has 0 saturated heterocycles. The number of nitrogens with one attached hydrogen (secondary N) is 1. The van der Waals surface area contributed by atoms with Gasteiger partial charge in [0.1, 0.15) is 5.78 Å². The Morgan fingerprint density at radius 3 is 2.92 bits per heavy atom. The highest BCUT2D eigenvalue weighted by atomic mass is 16.1. The van der Waals surface area contributed by atoms with Gasteiger partial charge in [0.05, 0.1) is 6.04 Å². The maximum Gasteiger partial charge on any atom is 0.147 e. The fourth-order valence-electron chi connectivity index (χ4n) is 1.34. The Hall–Kier alpha value is -0.890. The van der Waals surface area contributed by atoms with Crippen LogP contribution in [0, 0.1) is 0 Å². The molecule has 0 aromatic carbocycles. The van der Waals surface area contributed by atoms with Gasteiger partial charge in [-0.1, -0.05) is 23.8 Å². The Bertz CT molecular complexity index is 228. The summed E-state index contributed by atoms with van der Waals surface area (Å²) < 4.78 is 0. The van der Waals surface area contributed by atoms with E-state index < -0.39 is 0 Å². The molecule has 0 aliphatic heterocycles. The first kappa shape index (κ1) is 9.20. The monoisotopic (exact) mass is 165 g/mol. The third-order valence-corrected chi connectivity index (χ3v) is 2.13. The van der Waals surface area contributed by atoms with Gasteiger partial charge in [-0.25, -0.2) is 0 Å². The van der Waals surface area contributed by atoms with Crippen molar-refractivity contribution in [2.45, 2.75) is 25.8 Å². The number of hydrogen-bond acceptors (Lipinski definition) is 2. The van der Waals surface area contributed by atoms with Crippen LogP contribution >= 0.6 is 0 Å². The molecule has 12 heavy (non-hydrogen) atoms. The lowest BCUT2D eigenvalue weighted by molar-refractivity contribution is -0.118. The van der Waals surface area contributed by atoms with Crippen molar-refractivity contribution in [1.29, 1.82) is 0 Å². The van der Waals surface area contributed by atoms with Gasteiger partial charge in [-0.15, -0.1) is 0 Å². The summed E-state index contributed by atoms with van der Waals surface area (Å²) in [4.78, 5) is 11.0. The predicted octanol–water partition coefficient (Wildman–Crippen LogP) is 1.44. The first-order valence-electron chi connectivity index (χ1n) is 4.27. The lowest BCUT2D eigenvalue weighted by Crippen LogP contribution is -2.32. The molecule has 1 aliphatic carbocycles. The fourth-order valence-corrected chi connectivity index (χ4v) is 1.34. The second kappa shape index (κ2) is 4.21. The fraction of sp³-hybridized carbons (Fsp3) is 0.500. The minimum atomic E-state index is -0.0148. The van der Waals surface area contributed by atoms with E-state index >= 15 is 0 Å². The SMILES string of the molecule is CNC(CC1=CCC=C1)C(C)=O. The molecule has 0 saturated carbocycles. The molecule has 0 bridgehead atoms. The molecule has 0 amide bonds. The van der Waals surface area contributed by atoms with Crippen molar-refractivity contribution in [1.82, 2.24) is 5.32 Å². The Balaban J connectivity index is 2.47. The van der Waals surface area contributed by atoms with Crippen LogP contribution in [0.5, 0.6) is 0 Å². The molecule has 2 heteroatoms. The van der Waals surface area contributed by atoms with Crippen LogP contribution in [-0.4, -0.2) is 18.9 Å².